The molecule has 0 heterocycles. The molecule has 0 nitrogen and oxygen atoms in total. The Bertz CT molecular complexity index is 324. The fraction of sp³-hybridized carbons (Fsp3) is 0.538. The van der Waals surface area contributed by atoms with Crippen molar-refractivity contribution < 1.29 is 0 Å². The fourth-order valence-electron chi connectivity index (χ4n) is 2.26. The third-order valence-corrected chi connectivity index (χ3v) is 5.26. The Kier molecular flexibility index (Phi) is 4.15. The maximum atomic E-state index is 3.85. The van der Waals surface area contributed by atoms with Crippen LogP contribution in [0, 0.1) is 5.92 Å². The van der Waals surface area contributed by atoms with E-state index < -0.39 is 0 Å². The monoisotopic (exact) mass is 284 g/mol. The van der Waals surface area contributed by atoms with Gasteiger partial charge in [0, 0.05) is 4.83 Å². The number of hydrogen-bond donors (Lipinski definition) is 0. The van der Waals surface area contributed by atoms with Crippen molar-refractivity contribution in [1.29, 1.82) is 0 Å². The van der Waals surface area contributed by atoms with E-state index in [2.05, 4.69) is 58.9 Å². The van der Waals surface area contributed by atoms with Gasteiger partial charge in [0.25, 0.3) is 0 Å². The van der Waals surface area contributed by atoms with Crippen molar-refractivity contribution >= 4 is 27.7 Å². The summed E-state index contributed by atoms with van der Waals surface area (Å²) in [5.74, 6) is 3.35. The van der Waals surface area contributed by atoms with Gasteiger partial charge in [-0.05, 0) is 41.4 Å². The van der Waals surface area contributed by atoms with Crippen LogP contribution in [0.25, 0.3) is 0 Å². The molecule has 2 heteroatoms. The molecule has 1 aromatic carbocycles. The van der Waals surface area contributed by atoms with Crippen LogP contribution in [0.5, 0.6) is 0 Å². The lowest BCUT2D eigenvalue weighted by molar-refractivity contribution is 0.543. The number of benzene rings is 1. The lowest BCUT2D eigenvalue weighted by atomic mass is 10.0. The molecule has 0 aromatic heterocycles. The molecule has 0 N–H and O–H groups in total. The Morgan fingerprint density at radius 3 is 2.93 bits per heavy atom. The van der Waals surface area contributed by atoms with Crippen molar-refractivity contribution in [3.63, 3.8) is 0 Å². The van der Waals surface area contributed by atoms with Crippen molar-refractivity contribution in [3.8, 4) is 0 Å². The Morgan fingerprint density at radius 1 is 1.40 bits per heavy atom. The molecular formula is C13H17BrS. The zero-order valence-corrected chi connectivity index (χ0v) is 11.5. The molecule has 0 spiro atoms. The van der Waals surface area contributed by atoms with Gasteiger partial charge in [0.15, 0.2) is 0 Å². The van der Waals surface area contributed by atoms with Gasteiger partial charge in [-0.3, -0.25) is 0 Å². The van der Waals surface area contributed by atoms with Gasteiger partial charge in [-0.25, -0.2) is 0 Å². The molecule has 0 saturated carbocycles. The highest BCUT2D eigenvalue weighted by Gasteiger charge is 2.29. The number of fused-ring (bicyclic) bond motifs is 1. The highest BCUT2D eigenvalue weighted by Crippen LogP contribution is 2.43. The quantitative estimate of drug-likeness (QED) is 0.582. The van der Waals surface area contributed by atoms with Crippen molar-refractivity contribution in [2.24, 2.45) is 5.92 Å². The molecular weight excluding hydrogens is 268 g/mol. The van der Waals surface area contributed by atoms with Crippen LogP contribution < -0.4 is 0 Å². The van der Waals surface area contributed by atoms with Gasteiger partial charge in [0.1, 0.15) is 0 Å². The molecule has 15 heavy (non-hydrogen) atoms. The summed E-state index contributed by atoms with van der Waals surface area (Å²) in [6, 6.07) is 8.84. The van der Waals surface area contributed by atoms with Crippen molar-refractivity contribution in [3.05, 3.63) is 35.4 Å². The van der Waals surface area contributed by atoms with E-state index in [4.69, 9.17) is 0 Å². The second-order valence-electron chi connectivity index (χ2n) is 4.05. The molecule has 0 aliphatic heterocycles. The number of thioether (sulfide) groups is 1. The average Bonchev–Trinajstić information content (AvgIpc) is 2.57. The molecule has 0 radical (unpaired) electrons. The van der Waals surface area contributed by atoms with Gasteiger partial charge in [-0.2, -0.15) is 11.8 Å². The van der Waals surface area contributed by atoms with Gasteiger partial charge in [-0.1, -0.05) is 47.1 Å². The molecule has 0 bridgehead atoms. The van der Waals surface area contributed by atoms with E-state index in [-0.39, 0.29) is 0 Å². The number of halogens is 1. The molecule has 1 aliphatic carbocycles. The largest absolute Gasteiger partial charge is 0.162 e. The molecule has 2 atom stereocenters. The zero-order valence-electron chi connectivity index (χ0n) is 9.08. The topological polar surface area (TPSA) is 0 Å². The lowest BCUT2D eigenvalue weighted by Gasteiger charge is -2.13. The predicted molar refractivity (Wildman–Crippen MR) is 72.9 cm³/mol. The average molecular weight is 285 g/mol. The zero-order chi connectivity index (χ0) is 10.7. The fourth-order valence-corrected chi connectivity index (χ4v) is 3.91. The smallest absolute Gasteiger partial charge is 0.0429 e. The Hall–Kier alpha value is 0.0500. The maximum Gasteiger partial charge on any atom is 0.0429 e. The van der Waals surface area contributed by atoms with Gasteiger partial charge < -0.3 is 0 Å². The summed E-state index contributed by atoms with van der Waals surface area (Å²) in [6.45, 7) is 2.24. The number of rotatable bonds is 4. The van der Waals surface area contributed by atoms with E-state index in [1.54, 1.807) is 5.56 Å². The molecule has 2 rings (SSSR count). The van der Waals surface area contributed by atoms with Crippen LogP contribution in [0.15, 0.2) is 24.3 Å². The first-order chi connectivity index (χ1) is 7.33. The SMILES string of the molecule is CCSCCC1Cc2ccccc2C1Br. The first kappa shape index (κ1) is 11.5. The molecule has 0 saturated heterocycles. The van der Waals surface area contributed by atoms with Crippen molar-refractivity contribution in [2.45, 2.75) is 24.6 Å². The van der Waals surface area contributed by atoms with E-state index >= 15 is 0 Å². The maximum absolute atomic E-state index is 3.85. The van der Waals surface area contributed by atoms with Crippen molar-refractivity contribution in [1.82, 2.24) is 0 Å². The number of alkyl halides is 1. The predicted octanol–water partition coefficient (Wildman–Crippen LogP) is 4.44. The minimum atomic E-state index is 0.589. The standard InChI is InChI=1S/C13H17BrS/c1-2-15-8-7-11-9-10-5-3-4-6-12(10)13(11)14/h3-6,11,13H,2,7-9H2,1H3. The van der Waals surface area contributed by atoms with E-state index in [1.807, 2.05) is 0 Å². The van der Waals surface area contributed by atoms with Gasteiger partial charge in [-0.15, -0.1) is 0 Å². The molecule has 1 aromatic rings. The van der Waals surface area contributed by atoms with E-state index in [1.165, 1.54) is 29.9 Å². The van der Waals surface area contributed by atoms with E-state index in [9.17, 15) is 0 Å². The second-order valence-corrected chi connectivity index (χ2v) is 6.43. The minimum absolute atomic E-state index is 0.589. The summed E-state index contributed by atoms with van der Waals surface area (Å²) in [4.78, 5) is 0.589. The summed E-state index contributed by atoms with van der Waals surface area (Å²) in [5.41, 5.74) is 3.06. The van der Waals surface area contributed by atoms with E-state index in [0.29, 0.717) is 4.83 Å². The van der Waals surface area contributed by atoms with Gasteiger partial charge in [0.05, 0.1) is 0 Å². The second kappa shape index (κ2) is 5.40. The summed E-state index contributed by atoms with van der Waals surface area (Å²) in [5, 5.41) is 0. The van der Waals surface area contributed by atoms with Crippen LogP contribution in [0.1, 0.15) is 29.3 Å². The molecule has 0 amide bonds. The third kappa shape index (κ3) is 2.59. The van der Waals surface area contributed by atoms with Crippen LogP contribution in [-0.4, -0.2) is 11.5 Å². The van der Waals surface area contributed by atoms with Crippen LogP contribution in [0.2, 0.25) is 0 Å². The van der Waals surface area contributed by atoms with Crippen LogP contribution >= 0.6 is 27.7 Å². The van der Waals surface area contributed by atoms with Gasteiger partial charge >= 0.3 is 0 Å². The normalized spacial score (nSPS) is 24.1. The molecule has 82 valence electrons. The highest BCUT2D eigenvalue weighted by molar-refractivity contribution is 9.09. The summed E-state index contributed by atoms with van der Waals surface area (Å²) in [7, 11) is 0. The molecule has 1 aliphatic rings. The van der Waals surface area contributed by atoms with Gasteiger partial charge in [0.2, 0.25) is 0 Å². The Morgan fingerprint density at radius 2 is 2.20 bits per heavy atom. The summed E-state index contributed by atoms with van der Waals surface area (Å²) < 4.78 is 0. The summed E-state index contributed by atoms with van der Waals surface area (Å²) in [6.07, 6.45) is 2.60. The highest BCUT2D eigenvalue weighted by atomic mass is 79.9. The number of hydrogen-bond acceptors (Lipinski definition) is 1. The first-order valence-electron chi connectivity index (χ1n) is 5.62. The Balaban J connectivity index is 1.97. The van der Waals surface area contributed by atoms with Crippen LogP contribution in [-0.2, 0) is 6.42 Å². The minimum Gasteiger partial charge on any atom is -0.162 e. The molecule has 0 fully saturated rings. The molecule has 2 unspecified atom stereocenters. The third-order valence-electron chi connectivity index (χ3n) is 3.09. The van der Waals surface area contributed by atoms with Crippen LogP contribution in [0.4, 0.5) is 0 Å². The van der Waals surface area contributed by atoms with Crippen molar-refractivity contribution in [2.75, 3.05) is 11.5 Å². The first-order valence-corrected chi connectivity index (χ1v) is 7.69. The van der Waals surface area contributed by atoms with Crippen LogP contribution in [0.3, 0.4) is 0 Å². The summed E-state index contributed by atoms with van der Waals surface area (Å²) >= 11 is 5.90. The Labute approximate surface area is 105 Å². The lowest BCUT2D eigenvalue weighted by Crippen LogP contribution is -2.03. The van der Waals surface area contributed by atoms with E-state index in [0.717, 1.165) is 5.92 Å².